The van der Waals surface area contributed by atoms with Gasteiger partial charge in [-0.25, -0.2) is 9.97 Å². The van der Waals surface area contributed by atoms with Crippen molar-refractivity contribution >= 4 is 45.6 Å². The molecule has 2 aromatic carbocycles. The summed E-state index contributed by atoms with van der Waals surface area (Å²) in [4.78, 5) is 30.6. The quantitative estimate of drug-likeness (QED) is 0.191. The number of nitrogens with one attached hydrogen (secondary N) is 1. The van der Waals surface area contributed by atoms with Gasteiger partial charge in [-0.3, -0.25) is 9.36 Å². The highest BCUT2D eigenvalue weighted by Crippen LogP contribution is 2.34. The van der Waals surface area contributed by atoms with Crippen LogP contribution in [-0.4, -0.2) is 44.1 Å². The Kier molecular flexibility index (Phi) is 8.59. The second-order valence-electron chi connectivity index (χ2n) is 9.62. The van der Waals surface area contributed by atoms with Crippen LogP contribution >= 0.6 is 22.9 Å². The molecule has 0 bridgehead atoms. The number of anilines is 2. The lowest BCUT2D eigenvalue weighted by atomic mass is 10.0. The number of halogens is 1. The number of pyridine rings is 1. The summed E-state index contributed by atoms with van der Waals surface area (Å²) in [5.41, 5.74) is 4.82. The van der Waals surface area contributed by atoms with E-state index in [1.54, 1.807) is 22.1 Å². The maximum atomic E-state index is 13.6. The molecule has 1 N–H and O–H groups in total. The zero-order chi connectivity index (χ0) is 28.2. The molecule has 0 fully saturated rings. The number of rotatable bonds is 10. The normalized spacial score (nSPS) is 11.4. The van der Waals surface area contributed by atoms with Crippen molar-refractivity contribution in [1.82, 2.24) is 24.4 Å². The molecular weight excluding hydrogens is 540 g/mol. The Morgan fingerprint density at radius 1 is 0.975 bits per heavy atom. The molecule has 5 aromatic rings. The van der Waals surface area contributed by atoms with Gasteiger partial charge in [-0.1, -0.05) is 49.7 Å². The van der Waals surface area contributed by atoms with Crippen LogP contribution in [0.1, 0.15) is 31.3 Å². The minimum atomic E-state index is -0.138. The van der Waals surface area contributed by atoms with Gasteiger partial charge in [0.2, 0.25) is 5.95 Å². The van der Waals surface area contributed by atoms with Crippen molar-refractivity contribution in [3.63, 3.8) is 0 Å². The van der Waals surface area contributed by atoms with E-state index in [1.807, 2.05) is 56.4 Å². The van der Waals surface area contributed by atoms with Crippen molar-refractivity contribution in [1.29, 1.82) is 0 Å². The van der Waals surface area contributed by atoms with Crippen molar-refractivity contribution in [2.24, 2.45) is 0 Å². The van der Waals surface area contributed by atoms with Crippen molar-refractivity contribution in [2.75, 3.05) is 25.0 Å². The number of hydrogen-bond acceptors (Lipinski definition) is 7. The van der Waals surface area contributed by atoms with E-state index in [0.29, 0.717) is 34.3 Å². The number of nitrogens with zero attached hydrogens (tertiary/aromatic N) is 5. The number of hydrogen-bond donors (Lipinski definition) is 1. The van der Waals surface area contributed by atoms with Crippen LogP contribution in [0.4, 0.5) is 11.6 Å². The van der Waals surface area contributed by atoms with Crippen LogP contribution in [0, 0.1) is 6.92 Å². The van der Waals surface area contributed by atoms with Gasteiger partial charge < -0.3 is 10.2 Å². The van der Waals surface area contributed by atoms with Crippen LogP contribution < -0.4 is 10.9 Å². The van der Waals surface area contributed by atoms with Crippen molar-refractivity contribution < 1.29 is 0 Å². The van der Waals surface area contributed by atoms with E-state index < -0.39 is 0 Å². The second-order valence-corrected chi connectivity index (χ2v) is 11.3. The van der Waals surface area contributed by atoms with Gasteiger partial charge in [-0.15, -0.1) is 11.3 Å². The first-order chi connectivity index (χ1) is 19.4. The average molecular weight is 573 g/mol. The zero-order valence-corrected chi connectivity index (χ0v) is 24.8. The lowest BCUT2D eigenvalue weighted by molar-refractivity contribution is 0.308. The molecule has 0 radical (unpaired) electrons. The fraction of sp³-hybridized carbons (Fsp3) is 0.290. The van der Waals surface area contributed by atoms with Gasteiger partial charge in [-0.2, -0.15) is 4.98 Å². The first-order valence-electron chi connectivity index (χ1n) is 13.6. The highest BCUT2D eigenvalue weighted by atomic mass is 35.5. The van der Waals surface area contributed by atoms with E-state index in [2.05, 4.69) is 46.2 Å². The lowest BCUT2D eigenvalue weighted by Crippen LogP contribution is -2.25. The van der Waals surface area contributed by atoms with Gasteiger partial charge in [0.05, 0.1) is 9.88 Å². The third kappa shape index (κ3) is 5.94. The number of aromatic nitrogens is 4. The SMILES string of the molecule is CCN(CC)CCc1ccc(Nc2ncc3cc(-c4ccc(-c5cnc(C)s5)cc4Cl)c(=O)n(CC)c3n2)cc1. The van der Waals surface area contributed by atoms with E-state index >= 15 is 0 Å². The number of likely N-dealkylation sites (N-methyl/N-ethyl adjacent to an activating group) is 1. The van der Waals surface area contributed by atoms with Crippen molar-refractivity contribution in [3.05, 3.63) is 86.9 Å². The van der Waals surface area contributed by atoms with Gasteiger partial charge >= 0.3 is 0 Å². The first-order valence-corrected chi connectivity index (χ1v) is 14.8. The van der Waals surface area contributed by atoms with Crippen LogP contribution in [0.2, 0.25) is 5.02 Å². The summed E-state index contributed by atoms with van der Waals surface area (Å²) in [7, 11) is 0. The number of benzene rings is 2. The highest BCUT2D eigenvalue weighted by molar-refractivity contribution is 7.15. The average Bonchev–Trinajstić information content (AvgIpc) is 3.40. The molecule has 0 amide bonds. The van der Waals surface area contributed by atoms with Crippen molar-refractivity contribution in [3.8, 4) is 21.6 Å². The fourth-order valence-electron chi connectivity index (χ4n) is 4.80. The van der Waals surface area contributed by atoms with E-state index in [1.165, 1.54) is 5.56 Å². The lowest BCUT2D eigenvalue weighted by Gasteiger charge is -2.17. The third-order valence-corrected chi connectivity index (χ3v) is 8.40. The molecule has 9 heteroatoms. The molecule has 0 aliphatic rings. The standard InChI is InChI=1S/C31H33ClN6OS/c1-5-37(6-2)15-14-21-8-11-24(12-9-21)35-31-34-18-23-16-26(30(39)38(7-3)29(23)36-31)25-13-10-22(17-27(25)32)28-19-33-20(4)40-28/h8-13,16-19H,5-7,14-15H2,1-4H3,(H,34,35,36). The molecule has 40 heavy (non-hydrogen) atoms. The van der Waals surface area contributed by atoms with E-state index in [4.69, 9.17) is 16.6 Å². The Morgan fingerprint density at radius 3 is 2.40 bits per heavy atom. The van der Waals surface area contributed by atoms with Crippen LogP contribution in [0.3, 0.4) is 0 Å². The molecule has 0 aliphatic heterocycles. The van der Waals surface area contributed by atoms with E-state index in [9.17, 15) is 4.79 Å². The van der Waals surface area contributed by atoms with Crippen molar-refractivity contribution in [2.45, 2.75) is 40.7 Å². The zero-order valence-electron chi connectivity index (χ0n) is 23.2. The number of fused-ring (bicyclic) bond motifs is 1. The van der Waals surface area contributed by atoms with Gasteiger partial charge in [0.1, 0.15) is 5.65 Å². The maximum absolute atomic E-state index is 13.6. The van der Waals surface area contributed by atoms with E-state index in [0.717, 1.165) is 52.6 Å². The molecule has 206 valence electrons. The summed E-state index contributed by atoms with van der Waals surface area (Å²) in [6.45, 7) is 11.9. The smallest absolute Gasteiger partial charge is 0.260 e. The Hall–Kier alpha value is -3.59. The molecule has 7 nitrogen and oxygen atoms in total. The predicted molar refractivity (Wildman–Crippen MR) is 167 cm³/mol. The molecule has 0 atom stereocenters. The summed E-state index contributed by atoms with van der Waals surface area (Å²) in [6, 6.07) is 15.9. The van der Waals surface area contributed by atoms with Gasteiger partial charge in [0.15, 0.2) is 0 Å². The van der Waals surface area contributed by atoms with Crippen LogP contribution in [0.15, 0.2) is 65.7 Å². The molecule has 0 unspecified atom stereocenters. The van der Waals surface area contributed by atoms with Crippen LogP contribution in [0.25, 0.3) is 32.6 Å². The third-order valence-electron chi connectivity index (χ3n) is 7.13. The van der Waals surface area contributed by atoms with Gasteiger partial charge in [0.25, 0.3) is 5.56 Å². The number of thiazole rings is 1. The summed E-state index contributed by atoms with van der Waals surface area (Å²) >= 11 is 8.32. The van der Waals surface area contributed by atoms with E-state index in [-0.39, 0.29) is 5.56 Å². The Labute approximate surface area is 243 Å². The topological polar surface area (TPSA) is 75.9 Å². The molecule has 0 spiro atoms. The first kappa shape index (κ1) is 28.0. The minimum absolute atomic E-state index is 0.138. The molecule has 0 saturated carbocycles. The van der Waals surface area contributed by atoms with Crippen LogP contribution in [0.5, 0.6) is 0 Å². The second kappa shape index (κ2) is 12.3. The largest absolute Gasteiger partial charge is 0.324 e. The monoisotopic (exact) mass is 572 g/mol. The Morgan fingerprint density at radius 2 is 1.75 bits per heavy atom. The fourth-order valence-corrected chi connectivity index (χ4v) is 5.85. The maximum Gasteiger partial charge on any atom is 0.260 e. The molecular formula is C31H33ClN6OS. The highest BCUT2D eigenvalue weighted by Gasteiger charge is 2.16. The summed E-state index contributed by atoms with van der Waals surface area (Å²) in [6.07, 6.45) is 4.61. The summed E-state index contributed by atoms with van der Waals surface area (Å²) < 4.78 is 1.67. The minimum Gasteiger partial charge on any atom is -0.324 e. The summed E-state index contributed by atoms with van der Waals surface area (Å²) in [5, 5.41) is 5.57. The Bertz CT molecular complexity index is 1690. The number of aryl methyl sites for hydroxylation is 2. The summed E-state index contributed by atoms with van der Waals surface area (Å²) in [5.74, 6) is 0.444. The molecule has 0 saturated heterocycles. The van der Waals surface area contributed by atoms with Gasteiger partial charge in [0, 0.05) is 52.7 Å². The molecule has 5 rings (SSSR count). The Balaban J connectivity index is 1.41. The van der Waals surface area contributed by atoms with Crippen LogP contribution in [-0.2, 0) is 13.0 Å². The predicted octanol–water partition coefficient (Wildman–Crippen LogP) is 7.19. The molecule has 3 aromatic heterocycles. The molecule has 3 heterocycles. The molecule has 0 aliphatic carbocycles. The van der Waals surface area contributed by atoms with Gasteiger partial charge in [-0.05, 0) is 68.8 Å².